The lowest BCUT2D eigenvalue weighted by molar-refractivity contribution is -0.121. The summed E-state index contributed by atoms with van der Waals surface area (Å²) in [5.41, 5.74) is 0.480. The fourth-order valence-electron chi connectivity index (χ4n) is 3.16. The van der Waals surface area contributed by atoms with Gasteiger partial charge in [-0.3, -0.25) is 19.8 Å². The molecule has 2 aliphatic heterocycles. The maximum absolute atomic E-state index is 12.1. The summed E-state index contributed by atoms with van der Waals surface area (Å²) >= 11 is 3.32. The van der Waals surface area contributed by atoms with Gasteiger partial charge in [0.1, 0.15) is 0 Å². The standard InChI is InChI=1S/C15H18BrN3O2/c16-13-4-2-1-3-12(13)15(21)18-14(20)9-19-7-10-5-17-6-11(10)8-19/h1-4,10-11,17H,5-9H2,(H,18,20,21)/t10-,11+. The monoisotopic (exact) mass is 351 g/mol. The fourth-order valence-corrected chi connectivity index (χ4v) is 3.63. The Balaban J connectivity index is 1.53. The Morgan fingerprint density at radius 2 is 1.90 bits per heavy atom. The van der Waals surface area contributed by atoms with Crippen LogP contribution in [0.4, 0.5) is 0 Å². The lowest BCUT2D eigenvalue weighted by Gasteiger charge is -2.16. The van der Waals surface area contributed by atoms with Gasteiger partial charge in [-0.2, -0.15) is 0 Å². The number of amides is 2. The Hall–Kier alpha value is -1.24. The number of nitrogens with one attached hydrogen (secondary N) is 2. The number of carbonyl (C=O) groups excluding carboxylic acids is 2. The molecule has 1 aromatic rings. The molecule has 21 heavy (non-hydrogen) atoms. The van der Waals surface area contributed by atoms with E-state index in [9.17, 15) is 9.59 Å². The lowest BCUT2D eigenvalue weighted by atomic mass is 10.0. The average Bonchev–Trinajstić information content (AvgIpc) is 2.99. The molecular weight excluding hydrogens is 334 g/mol. The topological polar surface area (TPSA) is 61.4 Å². The van der Waals surface area contributed by atoms with Gasteiger partial charge in [0.05, 0.1) is 12.1 Å². The quantitative estimate of drug-likeness (QED) is 0.847. The summed E-state index contributed by atoms with van der Waals surface area (Å²) in [4.78, 5) is 26.2. The fraction of sp³-hybridized carbons (Fsp3) is 0.467. The van der Waals surface area contributed by atoms with Gasteiger partial charge >= 0.3 is 0 Å². The minimum absolute atomic E-state index is 0.233. The van der Waals surface area contributed by atoms with Gasteiger partial charge in [0.25, 0.3) is 5.91 Å². The van der Waals surface area contributed by atoms with E-state index < -0.39 is 0 Å². The molecule has 6 heteroatoms. The van der Waals surface area contributed by atoms with Crippen LogP contribution in [-0.4, -0.2) is 49.4 Å². The Kier molecular flexibility index (Phi) is 4.37. The molecule has 2 fully saturated rings. The molecule has 2 aliphatic rings. The van der Waals surface area contributed by atoms with E-state index in [2.05, 4.69) is 31.5 Å². The second kappa shape index (κ2) is 6.25. The first kappa shape index (κ1) is 14.7. The summed E-state index contributed by atoms with van der Waals surface area (Å²) in [6.45, 7) is 4.25. The van der Waals surface area contributed by atoms with Gasteiger partial charge in [0.2, 0.25) is 5.91 Å². The van der Waals surface area contributed by atoms with Crippen molar-refractivity contribution in [1.29, 1.82) is 0 Å². The molecule has 0 radical (unpaired) electrons. The number of nitrogens with zero attached hydrogens (tertiary/aromatic N) is 1. The first-order chi connectivity index (χ1) is 10.1. The summed E-state index contributed by atoms with van der Waals surface area (Å²) in [5.74, 6) is 0.714. The first-order valence-corrected chi connectivity index (χ1v) is 7.94. The van der Waals surface area contributed by atoms with Gasteiger partial charge in [-0.25, -0.2) is 0 Å². The third-order valence-electron chi connectivity index (χ3n) is 4.20. The van der Waals surface area contributed by atoms with Gasteiger partial charge in [0, 0.05) is 17.6 Å². The minimum atomic E-state index is -0.353. The van der Waals surface area contributed by atoms with E-state index in [4.69, 9.17) is 0 Å². The molecule has 112 valence electrons. The predicted octanol–water partition coefficient (Wildman–Crippen LogP) is 0.857. The molecular formula is C15H18BrN3O2. The first-order valence-electron chi connectivity index (χ1n) is 7.15. The molecule has 0 saturated carbocycles. The van der Waals surface area contributed by atoms with E-state index in [1.807, 2.05) is 6.07 Å². The zero-order valence-electron chi connectivity index (χ0n) is 11.6. The molecule has 1 aromatic carbocycles. The normalized spacial score (nSPS) is 24.8. The highest BCUT2D eigenvalue weighted by atomic mass is 79.9. The SMILES string of the molecule is O=C(CN1C[C@H]2CNC[C@H]2C1)NC(=O)c1ccccc1Br. The van der Waals surface area contributed by atoms with Crippen LogP contribution in [0.5, 0.6) is 0 Å². The van der Waals surface area contributed by atoms with Crippen molar-refractivity contribution in [2.45, 2.75) is 0 Å². The summed E-state index contributed by atoms with van der Waals surface area (Å²) in [5, 5.41) is 5.84. The molecule has 3 rings (SSSR count). The smallest absolute Gasteiger partial charge is 0.259 e. The zero-order chi connectivity index (χ0) is 14.8. The molecule has 0 bridgehead atoms. The van der Waals surface area contributed by atoms with Crippen molar-refractivity contribution in [2.75, 3.05) is 32.7 Å². The van der Waals surface area contributed by atoms with Crippen LogP contribution in [0.2, 0.25) is 0 Å². The molecule has 0 unspecified atom stereocenters. The van der Waals surface area contributed by atoms with Gasteiger partial charge in [-0.05, 0) is 53.0 Å². The van der Waals surface area contributed by atoms with Crippen LogP contribution >= 0.6 is 15.9 Å². The Morgan fingerprint density at radius 3 is 2.57 bits per heavy atom. The second-order valence-corrected chi connectivity index (χ2v) is 6.58. The number of hydrogen-bond acceptors (Lipinski definition) is 4. The molecule has 2 atom stereocenters. The van der Waals surface area contributed by atoms with Crippen LogP contribution < -0.4 is 10.6 Å². The van der Waals surface area contributed by atoms with E-state index in [0.29, 0.717) is 28.4 Å². The highest BCUT2D eigenvalue weighted by molar-refractivity contribution is 9.10. The van der Waals surface area contributed by atoms with Crippen molar-refractivity contribution in [1.82, 2.24) is 15.5 Å². The van der Waals surface area contributed by atoms with Gasteiger partial charge < -0.3 is 5.32 Å². The van der Waals surface area contributed by atoms with Crippen LogP contribution in [0.3, 0.4) is 0 Å². The van der Waals surface area contributed by atoms with Crippen molar-refractivity contribution >= 4 is 27.7 Å². The van der Waals surface area contributed by atoms with Crippen LogP contribution in [-0.2, 0) is 4.79 Å². The van der Waals surface area contributed by atoms with E-state index in [1.165, 1.54) is 0 Å². The molecule has 2 amide bonds. The molecule has 2 N–H and O–H groups in total. The Labute approximate surface area is 132 Å². The lowest BCUT2D eigenvalue weighted by Crippen LogP contribution is -2.40. The summed E-state index contributed by atoms with van der Waals surface area (Å²) in [7, 11) is 0. The third-order valence-corrected chi connectivity index (χ3v) is 4.90. The van der Waals surface area contributed by atoms with E-state index in [0.717, 1.165) is 26.2 Å². The summed E-state index contributed by atoms with van der Waals surface area (Å²) in [6.07, 6.45) is 0. The van der Waals surface area contributed by atoms with Crippen LogP contribution in [0, 0.1) is 11.8 Å². The molecule has 2 heterocycles. The Bertz CT molecular complexity index is 552. The van der Waals surface area contributed by atoms with Crippen LogP contribution in [0.25, 0.3) is 0 Å². The number of likely N-dealkylation sites (tertiary alicyclic amines) is 1. The number of carbonyl (C=O) groups is 2. The number of imide groups is 1. The number of hydrogen-bond donors (Lipinski definition) is 2. The maximum atomic E-state index is 12.1. The third kappa shape index (κ3) is 3.33. The largest absolute Gasteiger partial charge is 0.316 e. The zero-order valence-corrected chi connectivity index (χ0v) is 13.2. The van der Waals surface area contributed by atoms with E-state index >= 15 is 0 Å². The molecule has 5 nitrogen and oxygen atoms in total. The molecule has 0 aliphatic carbocycles. The van der Waals surface area contributed by atoms with Gasteiger partial charge in [0.15, 0.2) is 0 Å². The average molecular weight is 352 g/mol. The highest BCUT2D eigenvalue weighted by Crippen LogP contribution is 2.25. The molecule has 0 aromatic heterocycles. The number of benzene rings is 1. The number of rotatable bonds is 3. The predicted molar refractivity (Wildman–Crippen MR) is 82.9 cm³/mol. The van der Waals surface area contributed by atoms with Crippen LogP contribution in [0.15, 0.2) is 28.7 Å². The van der Waals surface area contributed by atoms with Crippen molar-refractivity contribution in [2.24, 2.45) is 11.8 Å². The number of halogens is 1. The highest BCUT2D eigenvalue weighted by Gasteiger charge is 2.36. The Morgan fingerprint density at radius 1 is 1.24 bits per heavy atom. The van der Waals surface area contributed by atoms with E-state index in [1.54, 1.807) is 18.2 Å². The maximum Gasteiger partial charge on any atom is 0.259 e. The number of fused-ring (bicyclic) bond motifs is 1. The van der Waals surface area contributed by atoms with Gasteiger partial charge in [-0.1, -0.05) is 12.1 Å². The van der Waals surface area contributed by atoms with Crippen molar-refractivity contribution in [3.05, 3.63) is 34.3 Å². The molecule has 0 spiro atoms. The van der Waals surface area contributed by atoms with Crippen molar-refractivity contribution < 1.29 is 9.59 Å². The minimum Gasteiger partial charge on any atom is -0.316 e. The molecule has 2 saturated heterocycles. The van der Waals surface area contributed by atoms with E-state index in [-0.39, 0.29) is 11.8 Å². The summed E-state index contributed by atoms with van der Waals surface area (Å²) in [6, 6.07) is 7.09. The van der Waals surface area contributed by atoms with Crippen molar-refractivity contribution in [3.63, 3.8) is 0 Å². The van der Waals surface area contributed by atoms with Crippen molar-refractivity contribution in [3.8, 4) is 0 Å². The second-order valence-electron chi connectivity index (χ2n) is 5.73. The van der Waals surface area contributed by atoms with Gasteiger partial charge in [-0.15, -0.1) is 0 Å². The van der Waals surface area contributed by atoms with Crippen LogP contribution in [0.1, 0.15) is 10.4 Å². The summed E-state index contributed by atoms with van der Waals surface area (Å²) < 4.78 is 0.692.